The van der Waals surface area contributed by atoms with Gasteiger partial charge in [0.05, 0.1) is 25.1 Å². The van der Waals surface area contributed by atoms with E-state index in [1.807, 2.05) is 38.1 Å². The highest BCUT2D eigenvalue weighted by Crippen LogP contribution is 2.25. The number of hydrogen-bond acceptors (Lipinski definition) is 3. The van der Waals surface area contributed by atoms with E-state index in [1.54, 1.807) is 30.2 Å². The van der Waals surface area contributed by atoms with Crippen LogP contribution in [0.3, 0.4) is 0 Å². The maximum absolute atomic E-state index is 12.8. The normalized spacial score (nSPS) is 11.6. The standard InChI is InChI=1S/C20H23NO4/c1-4-21(14(2)15-9-7-10-17(12-15)25-3)19(22)13-16-8-5-6-11-18(16)20(23)24/h5-12,14H,4,13H2,1-3H3,(H,23,24). The number of carboxylic acids is 1. The molecular formula is C20H23NO4. The molecule has 2 rings (SSSR count). The van der Waals surface area contributed by atoms with E-state index in [0.717, 1.165) is 11.3 Å². The van der Waals surface area contributed by atoms with Gasteiger partial charge in [-0.3, -0.25) is 4.79 Å². The van der Waals surface area contributed by atoms with Gasteiger partial charge in [-0.2, -0.15) is 0 Å². The Bertz CT molecular complexity index is 757. The zero-order chi connectivity index (χ0) is 18.4. The van der Waals surface area contributed by atoms with Crippen molar-refractivity contribution in [3.8, 4) is 5.75 Å². The number of rotatable bonds is 7. The van der Waals surface area contributed by atoms with Gasteiger partial charge in [0.15, 0.2) is 0 Å². The zero-order valence-electron chi connectivity index (χ0n) is 14.7. The third-order valence-electron chi connectivity index (χ3n) is 4.29. The summed E-state index contributed by atoms with van der Waals surface area (Å²) in [7, 11) is 1.61. The number of likely N-dealkylation sites (N-methyl/N-ethyl adjacent to an activating group) is 1. The highest BCUT2D eigenvalue weighted by molar-refractivity contribution is 5.91. The molecule has 0 bridgehead atoms. The molecule has 132 valence electrons. The molecule has 0 aliphatic heterocycles. The Morgan fingerprint density at radius 3 is 2.52 bits per heavy atom. The third-order valence-corrected chi connectivity index (χ3v) is 4.29. The molecule has 1 amide bonds. The van der Waals surface area contributed by atoms with Crippen LogP contribution >= 0.6 is 0 Å². The second-order valence-corrected chi connectivity index (χ2v) is 5.77. The van der Waals surface area contributed by atoms with E-state index >= 15 is 0 Å². The summed E-state index contributed by atoms with van der Waals surface area (Å²) in [5.74, 6) is -0.386. The first-order valence-electron chi connectivity index (χ1n) is 8.22. The minimum Gasteiger partial charge on any atom is -0.497 e. The van der Waals surface area contributed by atoms with Crippen molar-refractivity contribution >= 4 is 11.9 Å². The average Bonchev–Trinajstić information content (AvgIpc) is 2.62. The Morgan fingerprint density at radius 1 is 1.16 bits per heavy atom. The SMILES string of the molecule is CCN(C(=O)Cc1ccccc1C(=O)O)C(C)c1cccc(OC)c1. The van der Waals surface area contributed by atoms with Crippen molar-refractivity contribution in [2.24, 2.45) is 0 Å². The number of carboxylic acid groups (broad SMARTS) is 1. The van der Waals surface area contributed by atoms with Crippen LogP contribution in [-0.4, -0.2) is 35.5 Å². The van der Waals surface area contributed by atoms with Crippen LogP contribution in [0.2, 0.25) is 0 Å². The first kappa shape index (κ1) is 18.5. The molecular weight excluding hydrogens is 318 g/mol. The van der Waals surface area contributed by atoms with E-state index in [4.69, 9.17) is 4.74 Å². The summed E-state index contributed by atoms with van der Waals surface area (Å²) < 4.78 is 5.25. The molecule has 2 aromatic carbocycles. The van der Waals surface area contributed by atoms with Crippen LogP contribution in [0.4, 0.5) is 0 Å². The van der Waals surface area contributed by atoms with Gasteiger partial charge in [0.25, 0.3) is 0 Å². The Morgan fingerprint density at radius 2 is 1.88 bits per heavy atom. The van der Waals surface area contributed by atoms with Gasteiger partial charge in [-0.1, -0.05) is 30.3 Å². The monoisotopic (exact) mass is 341 g/mol. The summed E-state index contributed by atoms with van der Waals surface area (Å²) in [6, 6.07) is 14.1. The number of nitrogens with zero attached hydrogens (tertiary/aromatic N) is 1. The summed E-state index contributed by atoms with van der Waals surface area (Å²) >= 11 is 0. The van der Waals surface area contributed by atoms with Crippen LogP contribution in [0, 0.1) is 0 Å². The summed E-state index contributed by atoms with van der Waals surface area (Å²) in [5.41, 5.74) is 1.67. The lowest BCUT2D eigenvalue weighted by atomic mass is 10.0. The van der Waals surface area contributed by atoms with E-state index in [0.29, 0.717) is 12.1 Å². The molecule has 0 radical (unpaired) electrons. The maximum atomic E-state index is 12.8. The van der Waals surface area contributed by atoms with Crippen molar-refractivity contribution < 1.29 is 19.4 Å². The van der Waals surface area contributed by atoms with Crippen LogP contribution < -0.4 is 4.74 Å². The van der Waals surface area contributed by atoms with E-state index in [2.05, 4.69) is 0 Å². The first-order valence-corrected chi connectivity index (χ1v) is 8.22. The number of aromatic carboxylic acids is 1. The van der Waals surface area contributed by atoms with Crippen molar-refractivity contribution in [2.45, 2.75) is 26.3 Å². The summed E-state index contributed by atoms with van der Waals surface area (Å²) in [4.78, 5) is 25.9. The van der Waals surface area contributed by atoms with E-state index in [1.165, 1.54) is 6.07 Å². The van der Waals surface area contributed by atoms with Gasteiger partial charge < -0.3 is 14.7 Å². The maximum Gasteiger partial charge on any atom is 0.335 e. The number of benzene rings is 2. The van der Waals surface area contributed by atoms with Crippen LogP contribution in [-0.2, 0) is 11.2 Å². The van der Waals surface area contributed by atoms with Crippen LogP contribution in [0.1, 0.15) is 41.4 Å². The quantitative estimate of drug-likeness (QED) is 0.836. The van der Waals surface area contributed by atoms with Crippen LogP contribution in [0.15, 0.2) is 48.5 Å². The van der Waals surface area contributed by atoms with Gasteiger partial charge in [-0.25, -0.2) is 4.79 Å². The molecule has 0 spiro atoms. The lowest BCUT2D eigenvalue weighted by Gasteiger charge is -2.29. The first-order chi connectivity index (χ1) is 12.0. The smallest absolute Gasteiger partial charge is 0.335 e. The lowest BCUT2D eigenvalue weighted by Crippen LogP contribution is -2.34. The molecule has 1 N–H and O–H groups in total. The molecule has 5 nitrogen and oxygen atoms in total. The van der Waals surface area contributed by atoms with Crippen LogP contribution in [0.25, 0.3) is 0 Å². The zero-order valence-corrected chi connectivity index (χ0v) is 14.7. The molecule has 0 heterocycles. The fourth-order valence-corrected chi connectivity index (χ4v) is 2.90. The topological polar surface area (TPSA) is 66.8 Å². The number of amides is 1. The third kappa shape index (κ3) is 4.38. The lowest BCUT2D eigenvalue weighted by molar-refractivity contribution is -0.132. The summed E-state index contributed by atoms with van der Waals surface area (Å²) in [6.45, 7) is 4.41. The minimum absolute atomic E-state index is 0.0601. The number of carbonyl (C=O) groups excluding carboxylic acids is 1. The number of methoxy groups -OCH3 is 1. The van der Waals surface area contributed by atoms with Gasteiger partial charge in [-0.05, 0) is 43.2 Å². The Hall–Kier alpha value is -2.82. The Labute approximate surface area is 147 Å². The minimum atomic E-state index is -1.02. The van der Waals surface area contributed by atoms with Gasteiger partial charge in [0, 0.05) is 6.54 Å². The highest BCUT2D eigenvalue weighted by Gasteiger charge is 2.22. The molecule has 0 aliphatic carbocycles. The van der Waals surface area contributed by atoms with Crippen molar-refractivity contribution in [1.29, 1.82) is 0 Å². The second kappa shape index (κ2) is 8.33. The summed E-state index contributed by atoms with van der Waals surface area (Å²) in [6.07, 6.45) is 0.0601. The van der Waals surface area contributed by atoms with Gasteiger partial charge in [0.2, 0.25) is 5.91 Å². The molecule has 0 fully saturated rings. The van der Waals surface area contributed by atoms with Gasteiger partial charge in [0.1, 0.15) is 5.75 Å². The number of hydrogen-bond donors (Lipinski definition) is 1. The van der Waals surface area contributed by atoms with Crippen molar-refractivity contribution in [3.63, 3.8) is 0 Å². The van der Waals surface area contributed by atoms with E-state index in [9.17, 15) is 14.7 Å². The highest BCUT2D eigenvalue weighted by atomic mass is 16.5. The Balaban J connectivity index is 2.22. The molecule has 0 aromatic heterocycles. The van der Waals surface area contributed by atoms with Gasteiger partial charge >= 0.3 is 5.97 Å². The molecule has 25 heavy (non-hydrogen) atoms. The molecule has 1 unspecified atom stereocenters. The Kier molecular flexibility index (Phi) is 6.17. The predicted octanol–water partition coefficient (Wildman–Crippen LogP) is 3.55. The fourth-order valence-electron chi connectivity index (χ4n) is 2.90. The molecule has 5 heteroatoms. The van der Waals surface area contributed by atoms with E-state index in [-0.39, 0.29) is 23.9 Å². The summed E-state index contributed by atoms with van der Waals surface area (Å²) in [5, 5.41) is 9.28. The van der Waals surface area contributed by atoms with Gasteiger partial charge in [-0.15, -0.1) is 0 Å². The largest absolute Gasteiger partial charge is 0.497 e. The molecule has 0 aliphatic rings. The van der Waals surface area contributed by atoms with Crippen molar-refractivity contribution in [2.75, 3.05) is 13.7 Å². The van der Waals surface area contributed by atoms with Crippen LogP contribution in [0.5, 0.6) is 5.75 Å². The molecule has 2 aromatic rings. The fraction of sp³-hybridized carbons (Fsp3) is 0.300. The predicted molar refractivity (Wildman–Crippen MR) is 95.9 cm³/mol. The average molecular weight is 341 g/mol. The number of carbonyl (C=O) groups is 2. The second-order valence-electron chi connectivity index (χ2n) is 5.77. The molecule has 0 saturated heterocycles. The van der Waals surface area contributed by atoms with Crippen molar-refractivity contribution in [3.05, 3.63) is 65.2 Å². The van der Waals surface area contributed by atoms with Crippen molar-refractivity contribution in [1.82, 2.24) is 4.90 Å². The van der Waals surface area contributed by atoms with E-state index < -0.39 is 5.97 Å². The number of ether oxygens (including phenoxy) is 1. The molecule has 1 atom stereocenters. The molecule has 0 saturated carbocycles.